The molecule has 0 saturated carbocycles. The Labute approximate surface area is 108 Å². The zero-order chi connectivity index (χ0) is 13.4. The summed E-state index contributed by atoms with van der Waals surface area (Å²) in [4.78, 5) is 11.8. The number of aliphatic hydroxyl groups excluding tert-OH is 1. The van der Waals surface area contributed by atoms with Crippen molar-refractivity contribution in [2.45, 2.75) is 45.3 Å². The smallest absolute Gasteiger partial charge is 0.237 e. The maximum absolute atomic E-state index is 11.8. The van der Waals surface area contributed by atoms with Crippen molar-refractivity contribution >= 4 is 5.91 Å². The third-order valence-electron chi connectivity index (χ3n) is 2.74. The van der Waals surface area contributed by atoms with Gasteiger partial charge in [0.1, 0.15) is 5.76 Å². The van der Waals surface area contributed by atoms with Crippen LogP contribution in [-0.2, 0) is 11.3 Å². The van der Waals surface area contributed by atoms with Crippen LogP contribution >= 0.6 is 0 Å². The zero-order valence-electron chi connectivity index (χ0n) is 11.0. The molecule has 1 amide bonds. The second kappa shape index (κ2) is 7.89. The Balaban J connectivity index is 2.23. The second-order valence-corrected chi connectivity index (χ2v) is 4.45. The van der Waals surface area contributed by atoms with E-state index in [9.17, 15) is 4.79 Å². The molecule has 2 atom stereocenters. The Morgan fingerprint density at radius 3 is 2.89 bits per heavy atom. The maximum Gasteiger partial charge on any atom is 0.237 e. The van der Waals surface area contributed by atoms with Gasteiger partial charge >= 0.3 is 0 Å². The van der Waals surface area contributed by atoms with Crippen molar-refractivity contribution in [1.82, 2.24) is 10.6 Å². The molecule has 0 saturated heterocycles. The van der Waals surface area contributed by atoms with Crippen molar-refractivity contribution in [1.29, 1.82) is 0 Å². The molecule has 0 spiro atoms. The van der Waals surface area contributed by atoms with E-state index in [4.69, 9.17) is 9.52 Å². The van der Waals surface area contributed by atoms with Gasteiger partial charge in [-0.15, -0.1) is 0 Å². The summed E-state index contributed by atoms with van der Waals surface area (Å²) >= 11 is 0. The van der Waals surface area contributed by atoms with Gasteiger partial charge in [0, 0.05) is 12.6 Å². The van der Waals surface area contributed by atoms with Gasteiger partial charge in [0.25, 0.3) is 0 Å². The van der Waals surface area contributed by atoms with Crippen LogP contribution in [0.3, 0.4) is 0 Å². The number of carbonyl (C=O) groups excluding carboxylic acids is 1. The minimum Gasteiger partial charge on any atom is -0.467 e. The fourth-order valence-corrected chi connectivity index (χ4v) is 1.72. The van der Waals surface area contributed by atoms with Gasteiger partial charge in [0.2, 0.25) is 5.91 Å². The van der Waals surface area contributed by atoms with E-state index in [1.165, 1.54) is 0 Å². The number of aliphatic hydroxyl groups is 1. The molecule has 1 heterocycles. The fraction of sp³-hybridized carbons (Fsp3) is 0.615. The number of furan rings is 1. The second-order valence-electron chi connectivity index (χ2n) is 4.45. The molecule has 0 aliphatic heterocycles. The largest absolute Gasteiger partial charge is 0.467 e. The summed E-state index contributed by atoms with van der Waals surface area (Å²) in [6.07, 6.45) is 3.18. The lowest BCUT2D eigenvalue weighted by Gasteiger charge is -2.19. The van der Waals surface area contributed by atoms with Crippen molar-refractivity contribution in [3.05, 3.63) is 24.2 Å². The van der Waals surface area contributed by atoms with Crippen LogP contribution in [0.5, 0.6) is 0 Å². The highest BCUT2D eigenvalue weighted by molar-refractivity contribution is 5.81. The zero-order valence-corrected chi connectivity index (χ0v) is 11.0. The van der Waals surface area contributed by atoms with Crippen LogP contribution in [0.25, 0.3) is 0 Å². The molecule has 3 N–H and O–H groups in total. The minimum absolute atomic E-state index is 0.0535. The molecule has 1 rings (SSSR count). The van der Waals surface area contributed by atoms with E-state index >= 15 is 0 Å². The van der Waals surface area contributed by atoms with Gasteiger partial charge in [-0.3, -0.25) is 4.79 Å². The summed E-state index contributed by atoms with van der Waals surface area (Å²) in [5.74, 6) is 0.686. The number of hydrogen-bond acceptors (Lipinski definition) is 4. The van der Waals surface area contributed by atoms with Crippen molar-refractivity contribution in [2.24, 2.45) is 0 Å². The van der Waals surface area contributed by atoms with E-state index in [0.29, 0.717) is 6.54 Å². The quantitative estimate of drug-likeness (QED) is 0.648. The van der Waals surface area contributed by atoms with Gasteiger partial charge in [-0.1, -0.05) is 0 Å². The molecule has 102 valence electrons. The number of hydrogen-bond donors (Lipinski definition) is 3. The molecule has 0 aliphatic rings. The maximum atomic E-state index is 11.8. The third kappa shape index (κ3) is 5.33. The van der Waals surface area contributed by atoms with Crippen LogP contribution in [0.4, 0.5) is 0 Å². The van der Waals surface area contributed by atoms with E-state index in [1.54, 1.807) is 12.3 Å². The summed E-state index contributed by atoms with van der Waals surface area (Å²) in [5, 5.41) is 14.7. The lowest BCUT2D eigenvalue weighted by molar-refractivity contribution is -0.123. The first-order valence-corrected chi connectivity index (χ1v) is 6.30. The molecule has 0 bridgehead atoms. The molecular weight excluding hydrogens is 232 g/mol. The van der Waals surface area contributed by atoms with E-state index in [1.807, 2.05) is 19.9 Å². The number of nitrogens with one attached hydrogen (secondary N) is 2. The summed E-state index contributed by atoms with van der Waals surface area (Å²) in [6.45, 7) is 4.42. The highest BCUT2D eigenvalue weighted by atomic mass is 16.3. The molecule has 5 heteroatoms. The average Bonchev–Trinajstić information content (AvgIpc) is 2.86. The van der Waals surface area contributed by atoms with Gasteiger partial charge in [0.15, 0.2) is 0 Å². The van der Waals surface area contributed by atoms with Crippen LogP contribution < -0.4 is 10.6 Å². The Kier molecular flexibility index (Phi) is 6.46. The first-order valence-electron chi connectivity index (χ1n) is 6.30. The predicted octanol–water partition coefficient (Wildman–Crippen LogP) is 1.03. The van der Waals surface area contributed by atoms with Crippen molar-refractivity contribution in [2.75, 3.05) is 6.61 Å². The number of rotatable bonds is 8. The lowest BCUT2D eigenvalue weighted by Crippen LogP contribution is -2.45. The summed E-state index contributed by atoms with van der Waals surface area (Å²) in [5.41, 5.74) is 0. The van der Waals surface area contributed by atoms with Gasteiger partial charge in [-0.25, -0.2) is 0 Å². The minimum atomic E-state index is -0.256. The van der Waals surface area contributed by atoms with Gasteiger partial charge in [-0.05, 0) is 38.8 Å². The first kappa shape index (κ1) is 14.7. The lowest BCUT2D eigenvalue weighted by atomic mass is 10.1. The molecule has 0 fully saturated rings. The average molecular weight is 254 g/mol. The van der Waals surface area contributed by atoms with Crippen LogP contribution in [0.15, 0.2) is 22.8 Å². The van der Waals surface area contributed by atoms with E-state index in [-0.39, 0.29) is 24.6 Å². The van der Waals surface area contributed by atoms with Gasteiger partial charge < -0.3 is 20.2 Å². The topological polar surface area (TPSA) is 74.5 Å². The van der Waals surface area contributed by atoms with Crippen molar-refractivity contribution in [3.8, 4) is 0 Å². The Bertz CT molecular complexity index is 338. The highest BCUT2D eigenvalue weighted by Gasteiger charge is 2.14. The van der Waals surface area contributed by atoms with E-state index in [0.717, 1.165) is 18.6 Å². The molecule has 5 nitrogen and oxygen atoms in total. The van der Waals surface area contributed by atoms with Crippen LogP contribution in [-0.4, -0.2) is 29.7 Å². The first-order chi connectivity index (χ1) is 8.63. The molecule has 18 heavy (non-hydrogen) atoms. The summed E-state index contributed by atoms with van der Waals surface area (Å²) in [6, 6.07) is 3.57. The Morgan fingerprint density at radius 2 is 2.28 bits per heavy atom. The van der Waals surface area contributed by atoms with Crippen LogP contribution in [0, 0.1) is 0 Å². The summed E-state index contributed by atoms with van der Waals surface area (Å²) < 4.78 is 5.13. The highest BCUT2D eigenvalue weighted by Crippen LogP contribution is 2.00. The Morgan fingerprint density at radius 1 is 1.50 bits per heavy atom. The van der Waals surface area contributed by atoms with Gasteiger partial charge in [0.05, 0.1) is 18.8 Å². The van der Waals surface area contributed by atoms with Crippen molar-refractivity contribution < 1.29 is 14.3 Å². The number of amides is 1. The number of carbonyl (C=O) groups is 1. The Hall–Kier alpha value is -1.33. The molecule has 0 radical (unpaired) electrons. The van der Waals surface area contributed by atoms with E-state index in [2.05, 4.69) is 10.6 Å². The van der Waals surface area contributed by atoms with Crippen LogP contribution in [0.1, 0.15) is 32.4 Å². The summed E-state index contributed by atoms with van der Waals surface area (Å²) in [7, 11) is 0. The normalized spacial score (nSPS) is 14.2. The molecule has 0 aromatic carbocycles. The molecular formula is C13H22N2O3. The van der Waals surface area contributed by atoms with E-state index < -0.39 is 0 Å². The molecule has 1 aromatic rings. The third-order valence-corrected chi connectivity index (χ3v) is 2.74. The SMILES string of the molecule is CC(CCCO)NC(C)C(=O)NCc1ccco1. The standard InChI is InChI=1S/C13H22N2O3/c1-10(5-3-7-16)15-11(2)13(17)14-9-12-6-4-8-18-12/h4,6,8,10-11,15-16H,3,5,7,9H2,1-2H3,(H,14,17). The molecule has 1 aromatic heterocycles. The predicted molar refractivity (Wildman–Crippen MR) is 68.9 cm³/mol. The molecule has 0 aliphatic carbocycles. The monoisotopic (exact) mass is 254 g/mol. The molecule has 2 unspecified atom stereocenters. The van der Waals surface area contributed by atoms with Gasteiger partial charge in [-0.2, -0.15) is 0 Å². The fourth-order valence-electron chi connectivity index (χ4n) is 1.72. The van der Waals surface area contributed by atoms with Crippen LogP contribution in [0.2, 0.25) is 0 Å². The van der Waals surface area contributed by atoms with Crippen molar-refractivity contribution in [3.63, 3.8) is 0 Å².